The first-order valence-electron chi connectivity index (χ1n) is 7.34. The predicted molar refractivity (Wildman–Crippen MR) is 91.5 cm³/mol. The maximum atomic E-state index is 11.7. The van der Waals surface area contributed by atoms with E-state index in [4.69, 9.17) is 9.15 Å². The van der Waals surface area contributed by atoms with E-state index in [1.54, 1.807) is 24.3 Å². The van der Waals surface area contributed by atoms with Crippen LogP contribution in [0.5, 0.6) is 0 Å². The number of carbonyl (C=O) groups is 1. The van der Waals surface area contributed by atoms with Gasteiger partial charge in [-0.1, -0.05) is 23.9 Å². The minimum absolute atomic E-state index is 0.0677. The van der Waals surface area contributed by atoms with Crippen molar-refractivity contribution in [3.63, 3.8) is 0 Å². The van der Waals surface area contributed by atoms with E-state index in [0.29, 0.717) is 0 Å². The number of furan rings is 1. The third-order valence-electron chi connectivity index (χ3n) is 3.30. The molecule has 0 saturated carbocycles. The molecule has 0 aliphatic rings. The molecule has 0 radical (unpaired) electrons. The second-order valence-electron chi connectivity index (χ2n) is 5.05. The summed E-state index contributed by atoms with van der Waals surface area (Å²) in [6.45, 7) is 0.155. The first-order valence-corrected chi connectivity index (χ1v) is 8.15. The largest absolute Gasteiger partial charge is 0.457 e. The Hall–Kier alpha value is -3.06. The van der Waals surface area contributed by atoms with E-state index in [2.05, 4.69) is 0 Å². The van der Waals surface area contributed by atoms with Crippen LogP contribution in [0, 0.1) is 10.1 Å². The number of esters is 1. The summed E-state index contributed by atoms with van der Waals surface area (Å²) in [4.78, 5) is 23.8. The molecule has 0 aliphatic carbocycles. The highest BCUT2D eigenvalue weighted by Gasteiger charge is 2.10. The smallest absolute Gasteiger partial charge is 0.374 e. The number of ether oxygens (including phenoxy) is 1. The van der Waals surface area contributed by atoms with Gasteiger partial charge in [0.05, 0.1) is 11.2 Å². The summed E-state index contributed by atoms with van der Waals surface area (Å²) >= 11 is 1.49. The fraction of sp³-hybridized carbons (Fsp3) is 0.0556. The molecule has 0 aliphatic heterocycles. The number of nitro benzene ring substituents is 1. The molecule has 3 aromatic rings. The molecule has 6 nitrogen and oxygen atoms in total. The zero-order chi connectivity index (χ0) is 17.6. The van der Waals surface area contributed by atoms with Gasteiger partial charge >= 0.3 is 5.97 Å². The van der Waals surface area contributed by atoms with Crippen LogP contribution in [0.1, 0.15) is 16.1 Å². The SMILES string of the molecule is O=C(OCc1ccc(Sc2ccc([N+](=O)[O-])cc2)cc1)c1ccco1. The zero-order valence-electron chi connectivity index (χ0n) is 13.0. The van der Waals surface area contributed by atoms with Crippen molar-refractivity contribution in [3.05, 3.63) is 88.4 Å². The molecule has 1 aromatic heterocycles. The normalized spacial score (nSPS) is 10.4. The van der Waals surface area contributed by atoms with Crippen LogP contribution in [-0.2, 0) is 11.3 Å². The van der Waals surface area contributed by atoms with Gasteiger partial charge in [0.1, 0.15) is 6.61 Å². The fourth-order valence-electron chi connectivity index (χ4n) is 2.04. The van der Waals surface area contributed by atoms with Gasteiger partial charge in [-0.05, 0) is 42.0 Å². The van der Waals surface area contributed by atoms with Gasteiger partial charge in [0, 0.05) is 21.9 Å². The molecule has 0 fully saturated rings. The van der Waals surface area contributed by atoms with Crippen molar-refractivity contribution in [2.24, 2.45) is 0 Å². The lowest BCUT2D eigenvalue weighted by Gasteiger charge is -2.05. The summed E-state index contributed by atoms with van der Waals surface area (Å²) < 4.78 is 10.1. The molecule has 0 amide bonds. The number of non-ortho nitro benzene ring substituents is 1. The number of nitrogens with zero attached hydrogens (tertiary/aromatic N) is 1. The molecule has 126 valence electrons. The Bertz CT molecular complexity index is 857. The van der Waals surface area contributed by atoms with Crippen LogP contribution in [0.25, 0.3) is 0 Å². The van der Waals surface area contributed by atoms with Crippen molar-refractivity contribution in [3.8, 4) is 0 Å². The number of benzene rings is 2. The van der Waals surface area contributed by atoms with Crippen LogP contribution in [0.3, 0.4) is 0 Å². The van der Waals surface area contributed by atoms with E-state index in [0.717, 1.165) is 15.4 Å². The summed E-state index contributed by atoms with van der Waals surface area (Å²) in [6.07, 6.45) is 1.42. The third-order valence-corrected chi connectivity index (χ3v) is 4.31. The van der Waals surface area contributed by atoms with Crippen molar-refractivity contribution in [2.45, 2.75) is 16.4 Å². The Morgan fingerprint density at radius 3 is 2.24 bits per heavy atom. The van der Waals surface area contributed by atoms with Gasteiger partial charge in [0.25, 0.3) is 5.69 Å². The molecule has 1 heterocycles. The Balaban J connectivity index is 1.56. The van der Waals surface area contributed by atoms with Gasteiger partial charge in [-0.2, -0.15) is 0 Å². The van der Waals surface area contributed by atoms with Gasteiger partial charge in [-0.3, -0.25) is 10.1 Å². The maximum Gasteiger partial charge on any atom is 0.374 e. The Labute approximate surface area is 147 Å². The maximum absolute atomic E-state index is 11.7. The van der Waals surface area contributed by atoms with Crippen molar-refractivity contribution >= 4 is 23.4 Å². The first kappa shape index (κ1) is 16.8. The van der Waals surface area contributed by atoms with Crippen LogP contribution in [0.2, 0.25) is 0 Å². The minimum Gasteiger partial charge on any atom is -0.457 e. The average Bonchev–Trinajstić information content (AvgIpc) is 3.16. The van der Waals surface area contributed by atoms with Gasteiger partial charge in [-0.25, -0.2) is 4.79 Å². The summed E-state index contributed by atoms with van der Waals surface area (Å²) in [5.41, 5.74) is 0.922. The molecule has 2 aromatic carbocycles. The van der Waals surface area contributed by atoms with E-state index in [9.17, 15) is 14.9 Å². The Kier molecular flexibility index (Phi) is 5.15. The topological polar surface area (TPSA) is 82.6 Å². The summed E-state index contributed by atoms with van der Waals surface area (Å²) in [7, 11) is 0. The van der Waals surface area contributed by atoms with Crippen LogP contribution >= 0.6 is 11.8 Å². The van der Waals surface area contributed by atoms with Crippen molar-refractivity contribution in [2.75, 3.05) is 0 Å². The molecule has 0 atom stereocenters. The Morgan fingerprint density at radius 1 is 1.04 bits per heavy atom. The van der Waals surface area contributed by atoms with E-state index in [1.165, 1.54) is 30.2 Å². The quantitative estimate of drug-likeness (QED) is 0.362. The highest BCUT2D eigenvalue weighted by Crippen LogP contribution is 2.29. The lowest BCUT2D eigenvalue weighted by Crippen LogP contribution is -2.03. The molecule has 0 unspecified atom stereocenters. The minimum atomic E-state index is -0.505. The third kappa shape index (κ3) is 4.48. The number of hydrogen-bond donors (Lipinski definition) is 0. The van der Waals surface area contributed by atoms with Crippen LogP contribution in [-0.4, -0.2) is 10.9 Å². The van der Waals surface area contributed by atoms with Crippen LogP contribution < -0.4 is 0 Å². The van der Waals surface area contributed by atoms with Crippen LogP contribution in [0.15, 0.2) is 81.1 Å². The molecule has 0 bridgehead atoms. The van der Waals surface area contributed by atoms with E-state index in [1.807, 2.05) is 24.3 Å². The fourth-order valence-corrected chi connectivity index (χ4v) is 2.86. The summed E-state index contributed by atoms with van der Waals surface area (Å²) in [5, 5.41) is 10.6. The van der Waals surface area contributed by atoms with Crippen molar-refractivity contribution in [1.82, 2.24) is 0 Å². The van der Waals surface area contributed by atoms with Gasteiger partial charge in [-0.15, -0.1) is 0 Å². The standard InChI is InChI=1S/C18H13NO5S/c20-18(17-2-1-11-23-17)24-12-13-3-7-15(8-4-13)25-16-9-5-14(6-10-16)19(21)22/h1-11H,12H2. The number of carbonyl (C=O) groups excluding carboxylic acids is 1. The second kappa shape index (κ2) is 7.67. The summed E-state index contributed by atoms with van der Waals surface area (Å²) in [5.74, 6) is -0.334. The van der Waals surface area contributed by atoms with Gasteiger partial charge < -0.3 is 9.15 Å². The van der Waals surface area contributed by atoms with Crippen molar-refractivity contribution < 1.29 is 18.9 Å². The number of hydrogen-bond acceptors (Lipinski definition) is 6. The van der Waals surface area contributed by atoms with Crippen LogP contribution in [0.4, 0.5) is 5.69 Å². The van der Waals surface area contributed by atoms with Gasteiger partial charge in [0.2, 0.25) is 5.76 Å². The first-order chi connectivity index (χ1) is 12.1. The Morgan fingerprint density at radius 2 is 1.68 bits per heavy atom. The van der Waals surface area contributed by atoms with Crippen molar-refractivity contribution in [1.29, 1.82) is 0 Å². The lowest BCUT2D eigenvalue weighted by atomic mass is 10.2. The molecule has 25 heavy (non-hydrogen) atoms. The van der Waals surface area contributed by atoms with E-state index >= 15 is 0 Å². The molecule has 0 N–H and O–H groups in total. The van der Waals surface area contributed by atoms with E-state index in [-0.39, 0.29) is 18.1 Å². The number of rotatable bonds is 6. The summed E-state index contributed by atoms with van der Waals surface area (Å²) in [6, 6.07) is 17.1. The molecule has 3 rings (SSSR count). The zero-order valence-corrected chi connectivity index (χ0v) is 13.8. The lowest BCUT2D eigenvalue weighted by molar-refractivity contribution is -0.384. The second-order valence-corrected chi connectivity index (χ2v) is 6.20. The monoisotopic (exact) mass is 355 g/mol. The average molecular weight is 355 g/mol. The predicted octanol–water partition coefficient (Wildman–Crippen LogP) is 4.70. The molecular formula is C18H13NO5S. The molecule has 0 saturated heterocycles. The molecule has 0 spiro atoms. The van der Waals surface area contributed by atoms with E-state index < -0.39 is 10.9 Å². The molecule has 7 heteroatoms. The highest BCUT2D eigenvalue weighted by atomic mass is 32.2. The number of nitro groups is 1. The highest BCUT2D eigenvalue weighted by molar-refractivity contribution is 7.99. The molecular weight excluding hydrogens is 342 g/mol. The van der Waals surface area contributed by atoms with Gasteiger partial charge in [0.15, 0.2) is 0 Å².